The van der Waals surface area contributed by atoms with Gasteiger partial charge in [0.15, 0.2) is 0 Å². The molecule has 0 bridgehead atoms. The van der Waals surface area contributed by atoms with Gasteiger partial charge in [-0.1, -0.05) is 6.92 Å². The normalized spacial score (nSPS) is 13.0. The van der Waals surface area contributed by atoms with Crippen molar-refractivity contribution in [2.75, 3.05) is 13.7 Å². The number of methoxy groups -OCH3 is 1. The number of halogens is 1. The first-order valence-electron chi connectivity index (χ1n) is 6.33. The second kappa shape index (κ2) is 6.97. The van der Waals surface area contributed by atoms with Crippen LogP contribution < -0.4 is 10.5 Å². The molecule has 1 aromatic carbocycles. The molecule has 0 saturated carbocycles. The Kier molecular flexibility index (Phi) is 5.82. The average molecular weight is 318 g/mol. The number of benzene rings is 1. The maximum Gasteiger partial charge on any atom is 0.251 e. The summed E-state index contributed by atoms with van der Waals surface area (Å²) in [5.74, 6) is -1.45. The van der Waals surface area contributed by atoms with E-state index < -0.39 is 26.6 Å². The number of hydrogen-bond acceptors (Lipinski definition) is 4. The molecule has 0 saturated heterocycles. The number of aryl methyl sites for hydroxylation is 1. The monoisotopic (exact) mass is 318 g/mol. The number of carbonyl (C=O) groups is 1. The Hall–Kier alpha value is -1.51. The fourth-order valence-corrected chi connectivity index (χ4v) is 2.51. The third-order valence-corrected chi connectivity index (χ3v) is 3.90. The zero-order chi connectivity index (χ0) is 16.2. The highest BCUT2D eigenvalue weighted by molar-refractivity contribution is 7.89. The highest BCUT2D eigenvalue weighted by atomic mass is 32.2. The standard InChI is InChI=1S/C13H19FN2O4S/c1-4-10(7-20-3)16-13(17)9-5-8(2)12(14)11(6-9)21(15,18)19/h5-6,10H,4,7H2,1-3H3,(H,16,17)(H2,15,18,19). The molecule has 0 radical (unpaired) electrons. The van der Waals surface area contributed by atoms with Gasteiger partial charge in [0.2, 0.25) is 10.0 Å². The van der Waals surface area contributed by atoms with Gasteiger partial charge >= 0.3 is 0 Å². The SMILES string of the molecule is CCC(COC)NC(=O)c1cc(C)c(F)c(S(N)(=O)=O)c1. The first-order chi connectivity index (χ1) is 9.70. The van der Waals surface area contributed by atoms with Gasteiger partial charge in [-0.05, 0) is 31.0 Å². The van der Waals surface area contributed by atoms with Crippen LogP contribution in [0.5, 0.6) is 0 Å². The van der Waals surface area contributed by atoms with Crippen LogP contribution >= 0.6 is 0 Å². The zero-order valence-electron chi connectivity index (χ0n) is 12.1. The van der Waals surface area contributed by atoms with Gasteiger partial charge in [0, 0.05) is 12.7 Å². The second-order valence-electron chi connectivity index (χ2n) is 4.68. The lowest BCUT2D eigenvalue weighted by atomic mass is 10.1. The molecule has 0 aliphatic heterocycles. The Balaban J connectivity index is 3.14. The second-order valence-corrected chi connectivity index (χ2v) is 6.21. The highest BCUT2D eigenvalue weighted by Crippen LogP contribution is 2.19. The van der Waals surface area contributed by atoms with Crippen LogP contribution in [0.25, 0.3) is 0 Å². The summed E-state index contributed by atoms with van der Waals surface area (Å²) >= 11 is 0. The lowest BCUT2D eigenvalue weighted by Gasteiger charge is -2.16. The van der Waals surface area contributed by atoms with Crippen molar-refractivity contribution in [2.24, 2.45) is 5.14 Å². The molecule has 3 N–H and O–H groups in total. The van der Waals surface area contributed by atoms with E-state index in [4.69, 9.17) is 9.88 Å². The Morgan fingerprint density at radius 2 is 2.10 bits per heavy atom. The average Bonchev–Trinajstić information content (AvgIpc) is 2.39. The van der Waals surface area contributed by atoms with Crippen molar-refractivity contribution in [1.82, 2.24) is 5.32 Å². The quantitative estimate of drug-likeness (QED) is 0.815. The molecule has 1 amide bonds. The molecule has 1 rings (SSSR count). The fourth-order valence-electron chi connectivity index (χ4n) is 1.81. The Morgan fingerprint density at radius 1 is 1.48 bits per heavy atom. The number of carbonyl (C=O) groups excluding carboxylic acids is 1. The van der Waals surface area contributed by atoms with Crippen LogP contribution in [0.15, 0.2) is 17.0 Å². The summed E-state index contributed by atoms with van der Waals surface area (Å²) in [6, 6.07) is 2.00. The van der Waals surface area contributed by atoms with Gasteiger partial charge in [0.05, 0.1) is 12.6 Å². The van der Waals surface area contributed by atoms with Crippen LogP contribution in [0.3, 0.4) is 0 Å². The lowest BCUT2D eigenvalue weighted by molar-refractivity contribution is 0.0894. The van der Waals surface area contributed by atoms with Crippen molar-refractivity contribution in [3.63, 3.8) is 0 Å². The molecule has 118 valence electrons. The summed E-state index contributed by atoms with van der Waals surface area (Å²) in [5.41, 5.74) is 0.0685. The maximum atomic E-state index is 13.8. The van der Waals surface area contributed by atoms with Crippen molar-refractivity contribution >= 4 is 15.9 Å². The molecular formula is C13H19FN2O4S. The zero-order valence-corrected chi connectivity index (χ0v) is 13.0. The number of sulfonamides is 1. The van der Waals surface area contributed by atoms with E-state index in [0.717, 1.165) is 6.07 Å². The predicted molar refractivity (Wildman–Crippen MR) is 75.9 cm³/mol. The summed E-state index contributed by atoms with van der Waals surface area (Å²) in [6.07, 6.45) is 0.641. The summed E-state index contributed by atoms with van der Waals surface area (Å²) < 4.78 is 41.4. The van der Waals surface area contributed by atoms with Crippen LogP contribution in [0.1, 0.15) is 29.3 Å². The number of amides is 1. The third-order valence-electron chi connectivity index (χ3n) is 2.99. The lowest BCUT2D eigenvalue weighted by Crippen LogP contribution is -2.37. The van der Waals surface area contributed by atoms with Gasteiger partial charge in [-0.2, -0.15) is 0 Å². The van der Waals surface area contributed by atoms with Crippen LogP contribution in [0.2, 0.25) is 0 Å². The van der Waals surface area contributed by atoms with Gasteiger partial charge in [0.1, 0.15) is 10.7 Å². The molecule has 0 aliphatic rings. The summed E-state index contributed by atoms with van der Waals surface area (Å²) in [6.45, 7) is 3.56. The minimum atomic E-state index is -4.24. The molecule has 21 heavy (non-hydrogen) atoms. The van der Waals surface area contributed by atoms with E-state index >= 15 is 0 Å². The number of hydrogen-bond donors (Lipinski definition) is 2. The maximum absolute atomic E-state index is 13.8. The van der Waals surface area contributed by atoms with Gasteiger partial charge in [0.25, 0.3) is 5.91 Å². The van der Waals surface area contributed by atoms with Crippen molar-refractivity contribution < 1.29 is 22.3 Å². The van der Waals surface area contributed by atoms with Crippen molar-refractivity contribution in [2.45, 2.75) is 31.2 Å². The molecular weight excluding hydrogens is 299 g/mol. The van der Waals surface area contributed by atoms with E-state index in [-0.39, 0.29) is 17.2 Å². The first kappa shape index (κ1) is 17.5. The van der Waals surface area contributed by atoms with E-state index in [9.17, 15) is 17.6 Å². The number of primary sulfonamides is 1. The van der Waals surface area contributed by atoms with Gasteiger partial charge < -0.3 is 10.1 Å². The number of nitrogens with one attached hydrogen (secondary N) is 1. The minimum absolute atomic E-state index is 0.0338. The largest absolute Gasteiger partial charge is 0.383 e. The molecule has 0 heterocycles. The molecule has 1 atom stereocenters. The molecule has 0 fully saturated rings. The van der Waals surface area contributed by atoms with Crippen LogP contribution in [0, 0.1) is 12.7 Å². The Bertz CT molecular complexity index is 631. The molecule has 8 heteroatoms. The van der Waals surface area contributed by atoms with E-state index in [1.54, 1.807) is 0 Å². The van der Waals surface area contributed by atoms with E-state index in [1.807, 2.05) is 6.92 Å². The number of nitrogens with two attached hydrogens (primary N) is 1. The molecule has 0 spiro atoms. The molecule has 0 aliphatic carbocycles. The van der Waals surface area contributed by atoms with Crippen molar-refractivity contribution in [1.29, 1.82) is 0 Å². The third kappa shape index (κ3) is 4.48. The van der Waals surface area contributed by atoms with Gasteiger partial charge in [-0.3, -0.25) is 4.79 Å². The molecule has 6 nitrogen and oxygen atoms in total. The van der Waals surface area contributed by atoms with Crippen molar-refractivity contribution in [3.8, 4) is 0 Å². The Morgan fingerprint density at radius 3 is 2.57 bits per heavy atom. The van der Waals surface area contributed by atoms with E-state index in [2.05, 4.69) is 5.32 Å². The van der Waals surface area contributed by atoms with E-state index in [1.165, 1.54) is 20.1 Å². The summed E-state index contributed by atoms with van der Waals surface area (Å²) in [4.78, 5) is 11.4. The van der Waals surface area contributed by atoms with E-state index in [0.29, 0.717) is 13.0 Å². The van der Waals surface area contributed by atoms with Gasteiger partial charge in [-0.15, -0.1) is 0 Å². The van der Waals surface area contributed by atoms with Crippen molar-refractivity contribution in [3.05, 3.63) is 29.1 Å². The smallest absolute Gasteiger partial charge is 0.251 e. The molecule has 1 aromatic rings. The van der Waals surface area contributed by atoms with Gasteiger partial charge in [-0.25, -0.2) is 17.9 Å². The highest BCUT2D eigenvalue weighted by Gasteiger charge is 2.21. The first-order valence-corrected chi connectivity index (χ1v) is 7.88. The Labute approximate surface area is 123 Å². The summed E-state index contributed by atoms with van der Waals surface area (Å²) in [5, 5.41) is 7.64. The molecule has 1 unspecified atom stereocenters. The fraction of sp³-hybridized carbons (Fsp3) is 0.462. The summed E-state index contributed by atoms with van der Waals surface area (Å²) in [7, 11) is -2.73. The predicted octanol–water partition coefficient (Wildman–Crippen LogP) is 0.936. The topological polar surface area (TPSA) is 98.5 Å². The van der Waals surface area contributed by atoms with Crippen LogP contribution in [-0.4, -0.2) is 34.1 Å². The number of rotatable bonds is 6. The minimum Gasteiger partial charge on any atom is -0.383 e. The molecule has 0 aromatic heterocycles. The van der Waals surface area contributed by atoms with Crippen LogP contribution in [-0.2, 0) is 14.8 Å². The van der Waals surface area contributed by atoms with Crippen LogP contribution in [0.4, 0.5) is 4.39 Å². The number of ether oxygens (including phenoxy) is 1.